The smallest absolute Gasteiger partial charge is 0.0799 e. The van der Waals surface area contributed by atoms with E-state index >= 15 is 0 Å². The lowest BCUT2D eigenvalue weighted by molar-refractivity contribution is 0.00699. The molecule has 0 spiro atoms. The number of rotatable bonds is 22. The minimum atomic E-state index is -0.588. The van der Waals surface area contributed by atoms with Crippen molar-refractivity contribution in [2.45, 2.75) is 148 Å². The molecule has 3 heteroatoms. The number of hydrogen-bond acceptors (Lipinski definition) is 3. The number of unbranched alkanes of at least 4 members (excludes halogenated alkanes) is 16. The molecule has 3 N–H and O–H groups in total. The Bertz CT molecular complexity index is 270. The van der Waals surface area contributed by atoms with E-state index in [4.69, 9.17) is 5.11 Å². The molecule has 27 heavy (non-hydrogen) atoms. The van der Waals surface area contributed by atoms with Crippen LogP contribution in [0.2, 0.25) is 0 Å². The molecular formula is C24H50O3. The van der Waals surface area contributed by atoms with Crippen LogP contribution >= 0.6 is 0 Å². The van der Waals surface area contributed by atoms with Gasteiger partial charge in [0.1, 0.15) is 0 Å². The lowest BCUT2D eigenvalue weighted by Crippen LogP contribution is -2.25. The van der Waals surface area contributed by atoms with E-state index in [1.165, 1.54) is 89.9 Å². The van der Waals surface area contributed by atoms with Crippen molar-refractivity contribution in [1.29, 1.82) is 0 Å². The van der Waals surface area contributed by atoms with Gasteiger partial charge in [-0.15, -0.1) is 0 Å². The Morgan fingerprint density at radius 1 is 0.444 bits per heavy atom. The summed E-state index contributed by atoms with van der Waals surface area (Å²) in [6.07, 6.45) is 23.0. The van der Waals surface area contributed by atoms with Gasteiger partial charge in [0.25, 0.3) is 0 Å². The first-order valence-electron chi connectivity index (χ1n) is 12.2. The van der Waals surface area contributed by atoms with E-state index in [2.05, 4.69) is 6.92 Å². The minimum Gasteiger partial charge on any atom is -0.396 e. The van der Waals surface area contributed by atoms with Gasteiger partial charge < -0.3 is 15.3 Å². The van der Waals surface area contributed by atoms with Crippen molar-refractivity contribution in [2.75, 3.05) is 6.61 Å². The molecule has 0 amide bonds. The molecule has 0 aromatic carbocycles. The van der Waals surface area contributed by atoms with E-state index in [-0.39, 0.29) is 6.61 Å². The first-order chi connectivity index (χ1) is 13.2. The third-order valence-electron chi connectivity index (χ3n) is 5.71. The molecule has 2 unspecified atom stereocenters. The summed E-state index contributed by atoms with van der Waals surface area (Å²) in [4.78, 5) is 0. The standard InChI is InChI=1S/C24H50O3/c1-2-3-4-5-6-7-8-9-10-11-12-13-14-15-17-20-23(26)24(27)21-18-16-19-22-25/h23-27H,2-22H2,1H3. The predicted octanol–water partition coefficient (Wildman–Crippen LogP) is 6.52. The summed E-state index contributed by atoms with van der Waals surface area (Å²) in [5.74, 6) is 0. The van der Waals surface area contributed by atoms with Gasteiger partial charge in [0.15, 0.2) is 0 Å². The van der Waals surface area contributed by atoms with Gasteiger partial charge in [0.05, 0.1) is 12.2 Å². The molecular weight excluding hydrogens is 336 g/mol. The molecule has 0 saturated heterocycles. The van der Waals surface area contributed by atoms with E-state index in [1.807, 2.05) is 0 Å². The molecule has 164 valence electrons. The topological polar surface area (TPSA) is 60.7 Å². The van der Waals surface area contributed by atoms with Crippen molar-refractivity contribution in [3.63, 3.8) is 0 Å². The summed E-state index contributed by atoms with van der Waals surface area (Å²) in [6.45, 7) is 2.50. The number of hydrogen-bond donors (Lipinski definition) is 3. The maximum atomic E-state index is 9.98. The fourth-order valence-electron chi connectivity index (χ4n) is 3.75. The third kappa shape index (κ3) is 20.4. The second kappa shape index (κ2) is 22.2. The van der Waals surface area contributed by atoms with E-state index < -0.39 is 12.2 Å². The molecule has 0 heterocycles. The second-order valence-electron chi connectivity index (χ2n) is 8.45. The van der Waals surface area contributed by atoms with Crippen LogP contribution in [0.15, 0.2) is 0 Å². The van der Waals surface area contributed by atoms with Gasteiger partial charge >= 0.3 is 0 Å². The largest absolute Gasteiger partial charge is 0.396 e. The van der Waals surface area contributed by atoms with Crippen LogP contribution in [0.1, 0.15) is 135 Å². The monoisotopic (exact) mass is 386 g/mol. The molecule has 0 bridgehead atoms. The minimum absolute atomic E-state index is 0.220. The third-order valence-corrected chi connectivity index (χ3v) is 5.71. The van der Waals surface area contributed by atoms with E-state index in [1.54, 1.807) is 0 Å². The Morgan fingerprint density at radius 3 is 1.07 bits per heavy atom. The molecule has 0 aliphatic heterocycles. The van der Waals surface area contributed by atoms with Gasteiger partial charge in [-0.3, -0.25) is 0 Å². The summed E-state index contributed by atoms with van der Waals surface area (Å²) in [7, 11) is 0. The van der Waals surface area contributed by atoms with Crippen LogP contribution in [0, 0.1) is 0 Å². The van der Waals surface area contributed by atoms with Gasteiger partial charge in [-0.2, -0.15) is 0 Å². The lowest BCUT2D eigenvalue weighted by Gasteiger charge is -2.17. The van der Waals surface area contributed by atoms with Crippen LogP contribution in [0.3, 0.4) is 0 Å². The summed E-state index contributed by atoms with van der Waals surface area (Å²) >= 11 is 0. The van der Waals surface area contributed by atoms with Crippen molar-refractivity contribution >= 4 is 0 Å². The summed E-state index contributed by atoms with van der Waals surface area (Å²) in [5.41, 5.74) is 0. The molecule has 0 saturated carbocycles. The first kappa shape index (κ1) is 26.9. The van der Waals surface area contributed by atoms with E-state index in [0.29, 0.717) is 6.42 Å². The molecule has 0 aromatic heterocycles. The molecule has 0 aliphatic rings. The van der Waals surface area contributed by atoms with Crippen molar-refractivity contribution in [1.82, 2.24) is 0 Å². The zero-order chi connectivity index (χ0) is 20.0. The van der Waals surface area contributed by atoms with Crippen LogP contribution < -0.4 is 0 Å². The van der Waals surface area contributed by atoms with E-state index in [0.717, 1.165) is 32.1 Å². The van der Waals surface area contributed by atoms with Gasteiger partial charge in [-0.05, 0) is 19.3 Å². The molecule has 0 aromatic rings. The van der Waals surface area contributed by atoms with E-state index in [9.17, 15) is 10.2 Å². The van der Waals surface area contributed by atoms with Crippen LogP contribution in [-0.4, -0.2) is 34.1 Å². The van der Waals surface area contributed by atoms with Crippen LogP contribution in [-0.2, 0) is 0 Å². The van der Waals surface area contributed by atoms with Crippen LogP contribution in [0.4, 0.5) is 0 Å². The molecule has 0 fully saturated rings. The van der Waals surface area contributed by atoms with Crippen molar-refractivity contribution in [3.8, 4) is 0 Å². The number of aliphatic hydroxyl groups excluding tert-OH is 3. The molecule has 2 atom stereocenters. The lowest BCUT2D eigenvalue weighted by atomic mass is 10.00. The average Bonchev–Trinajstić information content (AvgIpc) is 2.67. The Morgan fingerprint density at radius 2 is 0.741 bits per heavy atom. The first-order valence-corrected chi connectivity index (χ1v) is 12.2. The zero-order valence-electron chi connectivity index (χ0n) is 18.3. The maximum absolute atomic E-state index is 9.98. The highest BCUT2D eigenvalue weighted by atomic mass is 16.3. The fraction of sp³-hybridized carbons (Fsp3) is 1.00. The highest BCUT2D eigenvalue weighted by Crippen LogP contribution is 2.15. The van der Waals surface area contributed by atoms with Gasteiger partial charge in [-0.25, -0.2) is 0 Å². The average molecular weight is 387 g/mol. The molecule has 0 radical (unpaired) electrons. The molecule has 0 aliphatic carbocycles. The summed E-state index contributed by atoms with van der Waals surface area (Å²) in [6, 6.07) is 0. The van der Waals surface area contributed by atoms with Gasteiger partial charge in [0, 0.05) is 6.61 Å². The quantitative estimate of drug-likeness (QED) is 0.186. The summed E-state index contributed by atoms with van der Waals surface area (Å²) in [5, 5.41) is 28.6. The second-order valence-corrected chi connectivity index (χ2v) is 8.45. The summed E-state index contributed by atoms with van der Waals surface area (Å²) < 4.78 is 0. The molecule has 3 nitrogen and oxygen atoms in total. The highest BCUT2D eigenvalue weighted by molar-refractivity contribution is 4.67. The SMILES string of the molecule is CCCCCCCCCCCCCCCCCC(O)C(O)CCCCCO. The Hall–Kier alpha value is -0.120. The predicted molar refractivity (Wildman–Crippen MR) is 117 cm³/mol. The van der Waals surface area contributed by atoms with Gasteiger partial charge in [-0.1, -0.05) is 116 Å². The zero-order valence-corrected chi connectivity index (χ0v) is 18.3. The van der Waals surface area contributed by atoms with Crippen molar-refractivity contribution < 1.29 is 15.3 Å². The fourth-order valence-corrected chi connectivity index (χ4v) is 3.75. The Balaban J connectivity index is 3.21. The molecule has 0 rings (SSSR count). The van der Waals surface area contributed by atoms with Crippen molar-refractivity contribution in [3.05, 3.63) is 0 Å². The normalized spacial score (nSPS) is 13.8. The maximum Gasteiger partial charge on any atom is 0.0799 e. The van der Waals surface area contributed by atoms with Crippen LogP contribution in [0.25, 0.3) is 0 Å². The highest BCUT2D eigenvalue weighted by Gasteiger charge is 2.14. The Kier molecular flexibility index (Phi) is 22.1. The Labute approximate surface area is 170 Å². The van der Waals surface area contributed by atoms with Crippen molar-refractivity contribution in [2.24, 2.45) is 0 Å². The number of aliphatic hydroxyl groups is 3. The van der Waals surface area contributed by atoms with Crippen LogP contribution in [0.5, 0.6) is 0 Å². The van der Waals surface area contributed by atoms with Gasteiger partial charge in [0.2, 0.25) is 0 Å².